The summed E-state index contributed by atoms with van der Waals surface area (Å²) in [6, 6.07) is 13.5. The molecular weight excluding hydrogens is 545 g/mol. The number of hydrogen-bond acceptors (Lipinski definition) is 9. The summed E-state index contributed by atoms with van der Waals surface area (Å²) in [7, 11) is -4.03. The molecule has 0 atom stereocenters. The maximum atomic E-state index is 15.0. The maximum Gasteiger partial charge on any atom is 0.263 e. The highest BCUT2D eigenvalue weighted by Gasteiger charge is 2.21. The van der Waals surface area contributed by atoms with Crippen molar-refractivity contribution in [2.24, 2.45) is 5.73 Å². The molecule has 4 N–H and O–H groups in total. The lowest BCUT2D eigenvalue weighted by Gasteiger charge is -2.26. The van der Waals surface area contributed by atoms with Crippen molar-refractivity contribution in [3.8, 4) is 23.0 Å². The summed E-state index contributed by atoms with van der Waals surface area (Å²) in [5.74, 6) is -0.188. The molecule has 10 nitrogen and oxygen atoms in total. The number of rotatable bonds is 8. The molecule has 2 aromatic heterocycles. The Labute approximate surface area is 229 Å². The maximum absolute atomic E-state index is 15.0. The fourth-order valence-corrected chi connectivity index (χ4v) is 5.78. The molecule has 202 valence electrons. The zero-order valence-corrected chi connectivity index (χ0v) is 22.2. The molecule has 0 radical (unpaired) electrons. The molecule has 1 saturated carbocycles. The number of benzene rings is 2. The quantitative estimate of drug-likeness (QED) is 0.267. The predicted octanol–water partition coefficient (Wildman–Crippen LogP) is 5.00. The lowest BCUT2D eigenvalue weighted by Crippen LogP contribution is -2.33. The lowest BCUT2D eigenvalue weighted by molar-refractivity contribution is 0.409. The largest absolute Gasteiger partial charge is 0.435 e. The van der Waals surface area contributed by atoms with Crippen molar-refractivity contribution in [1.29, 1.82) is 0 Å². The van der Waals surface area contributed by atoms with E-state index < -0.39 is 15.8 Å². The molecule has 1 aliphatic carbocycles. The Kier molecular flexibility index (Phi) is 7.87. The number of nitrogens with one attached hydrogen (secondary N) is 2. The number of hydrogen-bond donors (Lipinski definition) is 3. The van der Waals surface area contributed by atoms with Crippen molar-refractivity contribution in [3.05, 3.63) is 78.0 Å². The van der Waals surface area contributed by atoms with E-state index >= 15 is 4.39 Å². The number of anilines is 2. The molecular formula is C26H25ClFN7O3S. The molecule has 1 aliphatic rings. The summed E-state index contributed by atoms with van der Waals surface area (Å²) < 4.78 is 48.5. The highest BCUT2D eigenvalue weighted by atomic mass is 35.5. The average Bonchev–Trinajstić information content (AvgIpc) is 2.92. The van der Waals surface area contributed by atoms with E-state index in [1.165, 1.54) is 36.8 Å². The van der Waals surface area contributed by atoms with Crippen molar-refractivity contribution in [1.82, 2.24) is 19.9 Å². The van der Waals surface area contributed by atoms with Crippen molar-refractivity contribution < 1.29 is 17.5 Å². The number of sulfonamides is 1. The van der Waals surface area contributed by atoms with E-state index in [1.54, 1.807) is 24.3 Å². The van der Waals surface area contributed by atoms with Crippen molar-refractivity contribution >= 4 is 33.3 Å². The monoisotopic (exact) mass is 569 g/mol. The Balaban J connectivity index is 1.34. The second-order valence-electron chi connectivity index (χ2n) is 9.03. The molecule has 0 aliphatic heterocycles. The van der Waals surface area contributed by atoms with Gasteiger partial charge in [-0.05, 0) is 62.1 Å². The SMILES string of the molecule is NC1CCC(Nc2ncnc(-c3cccnc3Oc3ccc(NS(=O)(=O)c4ccccc4Cl)cc3F)n2)CC1. The van der Waals surface area contributed by atoms with Gasteiger partial charge in [0, 0.05) is 24.3 Å². The molecule has 2 aromatic carbocycles. The highest BCUT2D eigenvalue weighted by molar-refractivity contribution is 7.92. The number of ether oxygens (including phenoxy) is 1. The van der Waals surface area contributed by atoms with Crippen molar-refractivity contribution in [2.45, 2.75) is 42.7 Å². The summed E-state index contributed by atoms with van der Waals surface area (Å²) in [6.07, 6.45) is 6.59. The standard InChI is InChI=1S/C26H25ClFN7O3S/c27-20-5-1-2-6-23(20)39(36,37)35-18-11-12-22(21(28)14-18)38-25-19(4-3-13-30-25)24-31-15-32-26(34-24)33-17-9-7-16(29)8-10-17/h1-6,11-17,35H,7-10,29H2,(H,31,32,33,34). The van der Waals surface area contributed by atoms with Gasteiger partial charge in [-0.2, -0.15) is 4.98 Å². The van der Waals surface area contributed by atoms with Crippen LogP contribution in [0.2, 0.25) is 5.02 Å². The van der Waals surface area contributed by atoms with Crippen LogP contribution in [0, 0.1) is 5.82 Å². The summed E-state index contributed by atoms with van der Waals surface area (Å²) in [6.45, 7) is 0. The lowest BCUT2D eigenvalue weighted by atomic mass is 9.92. The predicted molar refractivity (Wildman–Crippen MR) is 146 cm³/mol. The fourth-order valence-electron chi connectivity index (χ4n) is 4.21. The highest BCUT2D eigenvalue weighted by Crippen LogP contribution is 2.33. The van der Waals surface area contributed by atoms with Gasteiger partial charge in [0.2, 0.25) is 11.8 Å². The zero-order chi connectivity index (χ0) is 27.4. The van der Waals surface area contributed by atoms with Crippen LogP contribution in [-0.4, -0.2) is 40.4 Å². The fraction of sp³-hybridized carbons (Fsp3) is 0.231. The van der Waals surface area contributed by atoms with Gasteiger partial charge in [0.25, 0.3) is 10.0 Å². The first-order valence-electron chi connectivity index (χ1n) is 12.2. The Morgan fingerprint density at radius 1 is 1.00 bits per heavy atom. The third-order valence-corrected chi connectivity index (χ3v) is 8.09. The normalized spacial score (nSPS) is 17.4. The average molecular weight is 570 g/mol. The molecule has 13 heteroatoms. The van der Waals surface area contributed by atoms with Crippen LogP contribution in [-0.2, 0) is 10.0 Å². The molecule has 5 rings (SSSR count). The summed E-state index contributed by atoms with van der Waals surface area (Å²) >= 11 is 6.01. The third kappa shape index (κ3) is 6.41. The summed E-state index contributed by atoms with van der Waals surface area (Å²) in [4.78, 5) is 17.1. The minimum absolute atomic E-state index is 0.00198. The first-order chi connectivity index (χ1) is 18.8. The summed E-state index contributed by atoms with van der Waals surface area (Å²) in [5, 5.41) is 3.38. The van der Waals surface area contributed by atoms with Gasteiger partial charge in [-0.1, -0.05) is 23.7 Å². The van der Waals surface area contributed by atoms with Crippen molar-refractivity contribution in [3.63, 3.8) is 0 Å². The number of halogens is 2. The first kappa shape index (κ1) is 26.7. The van der Waals surface area contributed by atoms with E-state index in [0.29, 0.717) is 17.3 Å². The van der Waals surface area contributed by atoms with Gasteiger partial charge in [-0.3, -0.25) is 4.72 Å². The second kappa shape index (κ2) is 11.5. The van der Waals surface area contributed by atoms with Gasteiger partial charge in [0.15, 0.2) is 17.4 Å². The minimum atomic E-state index is -4.03. The van der Waals surface area contributed by atoms with Crippen LogP contribution in [0.4, 0.5) is 16.0 Å². The van der Waals surface area contributed by atoms with E-state index in [2.05, 4.69) is 30.0 Å². The number of aromatic nitrogens is 4. The van der Waals surface area contributed by atoms with Crippen LogP contribution >= 0.6 is 11.6 Å². The van der Waals surface area contributed by atoms with E-state index in [1.807, 2.05) is 0 Å². The van der Waals surface area contributed by atoms with Gasteiger partial charge in [0.05, 0.1) is 16.3 Å². The molecule has 1 fully saturated rings. The van der Waals surface area contributed by atoms with Crippen LogP contribution in [0.25, 0.3) is 11.4 Å². The second-order valence-corrected chi connectivity index (χ2v) is 11.1. The number of pyridine rings is 1. The zero-order valence-electron chi connectivity index (χ0n) is 20.6. The third-order valence-electron chi connectivity index (χ3n) is 6.21. The minimum Gasteiger partial charge on any atom is -0.435 e. The van der Waals surface area contributed by atoms with E-state index in [4.69, 9.17) is 22.1 Å². The van der Waals surface area contributed by atoms with Crippen LogP contribution in [0.5, 0.6) is 11.6 Å². The topological polar surface area (TPSA) is 145 Å². The molecule has 39 heavy (non-hydrogen) atoms. The van der Waals surface area contributed by atoms with Crippen LogP contribution in [0.1, 0.15) is 25.7 Å². The van der Waals surface area contributed by atoms with Gasteiger partial charge >= 0.3 is 0 Å². The van der Waals surface area contributed by atoms with Gasteiger partial charge in [0.1, 0.15) is 11.2 Å². The number of nitrogens with two attached hydrogens (primary N) is 1. The molecule has 0 saturated heterocycles. The van der Waals surface area contributed by atoms with Crippen molar-refractivity contribution in [2.75, 3.05) is 10.0 Å². The first-order valence-corrected chi connectivity index (χ1v) is 14.1. The van der Waals surface area contributed by atoms with E-state index in [-0.39, 0.29) is 39.3 Å². The molecule has 2 heterocycles. The van der Waals surface area contributed by atoms with Crippen LogP contribution in [0.15, 0.2) is 72.0 Å². The van der Waals surface area contributed by atoms with E-state index in [9.17, 15) is 8.42 Å². The summed E-state index contributed by atoms with van der Waals surface area (Å²) in [5.41, 5.74) is 6.42. The van der Waals surface area contributed by atoms with Gasteiger partial charge < -0.3 is 15.8 Å². The number of nitrogens with zero attached hydrogens (tertiary/aromatic N) is 4. The van der Waals surface area contributed by atoms with Crippen LogP contribution < -0.4 is 20.5 Å². The van der Waals surface area contributed by atoms with E-state index in [0.717, 1.165) is 31.7 Å². The Hall–Kier alpha value is -3.87. The molecule has 0 bridgehead atoms. The molecule has 4 aromatic rings. The Morgan fingerprint density at radius 3 is 2.56 bits per heavy atom. The van der Waals surface area contributed by atoms with Gasteiger partial charge in [-0.15, -0.1) is 0 Å². The van der Waals surface area contributed by atoms with Crippen LogP contribution in [0.3, 0.4) is 0 Å². The molecule has 0 unspecified atom stereocenters. The molecule has 0 amide bonds. The molecule has 0 spiro atoms. The van der Waals surface area contributed by atoms with Gasteiger partial charge in [-0.25, -0.2) is 27.8 Å². The Bertz CT molecular complexity index is 1580. The Morgan fingerprint density at radius 2 is 1.79 bits per heavy atom. The smallest absolute Gasteiger partial charge is 0.263 e.